The molecule has 0 aliphatic rings. The number of thioether (sulfide) groups is 1. The highest BCUT2D eigenvalue weighted by Gasteiger charge is 2.15. The van der Waals surface area contributed by atoms with Crippen LogP contribution < -0.4 is 10.2 Å². The predicted octanol–water partition coefficient (Wildman–Crippen LogP) is 2.75. The minimum absolute atomic E-state index is 0.381. The first-order chi connectivity index (χ1) is 8.10. The van der Waals surface area contributed by atoms with E-state index in [0.29, 0.717) is 17.0 Å². The average molecular weight is 275 g/mol. The molecule has 1 atom stereocenters. The molecule has 0 bridgehead atoms. The summed E-state index contributed by atoms with van der Waals surface area (Å²) in [7, 11) is 2.00. The largest absolute Gasteiger partial charge is 0.355 e. The van der Waals surface area contributed by atoms with Gasteiger partial charge in [0.05, 0.1) is 6.20 Å². The van der Waals surface area contributed by atoms with Gasteiger partial charge in [0, 0.05) is 25.4 Å². The Morgan fingerprint density at radius 2 is 2.29 bits per heavy atom. The molecule has 1 heterocycles. The van der Waals surface area contributed by atoms with Gasteiger partial charge in [-0.25, -0.2) is 4.98 Å². The maximum atomic E-state index is 6.13. The van der Waals surface area contributed by atoms with E-state index in [0.717, 1.165) is 18.1 Å². The van der Waals surface area contributed by atoms with Gasteiger partial charge in [0.25, 0.3) is 0 Å². The van der Waals surface area contributed by atoms with E-state index in [2.05, 4.69) is 33.4 Å². The summed E-state index contributed by atoms with van der Waals surface area (Å²) in [6.45, 7) is 4.96. The SMILES string of the molecule is CCNc1ncc(Cl)c(N(C)C(C)CSC)n1. The van der Waals surface area contributed by atoms with Crippen molar-refractivity contribution in [1.82, 2.24) is 9.97 Å². The molecule has 0 fully saturated rings. The summed E-state index contributed by atoms with van der Waals surface area (Å²) < 4.78 is 0. The van der Waals surface area contributed by atoms with E-state index in [1.165, 1.54) is 0 Å². The van der Waals surface area contributed by atoms with Crippen molar-refractivity contribution in [3.05, 3.63) is 11.2 Å². The van der Waals surface area contributed by atoms with Crippen molar-refractivity contribution in [3.8, 4) is 0 Å². The Kier molecular flexibility index (Phi) is 5.85. The van der Waals surface area contributed by atoms with Crippen LogP contribution in [0.4, 0.5) is 11.8 Å². The molecule has 4 nitrogen and oxygen atoms in total. The van der Waals surface area contributed by atoms with Gasteiger partial charge in [-0.05, 0) is 20.1 Å². The van der Waals surface area contributed by atoms with Gasteiger partial charge in [0.15, 0.2) is 5.82 Å². The number of nitrogens with zero attached hydrogens (tertiary/aromatic N) is 3. The summed E-state index contributed by atoms with van der Waals surface area (Å²) in [5, 5.41) is 3.67. The summed E-state index contributed by atoms with van der Waals surface area (Å²) in [5.74, 6) is 2.43. The van der Waals surface area contributed by atoms with E-state index < -0.39 is 0 Å². The summed E-state index contributed by atoms with van der Waals surface area (Å²) >= 11 is 7.94. The predicted molar refractivity (Wildman–Crippen MR) is 77.5 cm³/mol. The summed E-state index contributed by atoms with van der Waals surface area (Å²) in [5.41, 5.74) is 0. The maximum absolute atomic E-state index is 6.13. The van der Waals surface area contributed by atoms with Crippen LogP contribution >= 0.6 is 23.4 Å². The quantitative estimate of drug-likeness (QED) is 0.864. The fourth-order valence-corrected chi connectivity index (χ4v) is 2.34. The minimum Gasteiger partial charge on any atom is -0.355 e. The molecule has 1 unspecified atom stereocenters. The zero-order valence-electron chi connectivity index (χ0n) is 10.7. The Morgan fingerprint density at radius 3 is 2.88 bits per heavy atom. The lowest BCUT2D eigenvalue weighted by molar-refractivity contribution is 0.752. The number of rotatable bonds is 6. The van der Waals surface area contributed by atoms with E-state index in [4.69, 9.17) is 11.6 Å². The van der Waals surface area contributed by atoms with Crippen molar-refractivity contribution in [1.29, 1.82) is 0 Å². The second-order valence-corrected chi connectivity index (χ2v) is 5.13. The maximum Gasteiger partial charge on any atom is 0.224 e. The van der Waals surface area contributed by atoms with Crippen LogP contribution in [-0.2, 0) is 0 Å². The molecule has 0 saturated carbocycles. The average Bonchev–Trinajstić information content (AvgIpc) is 2.31. The Hall–Kier alpha value is -0.680. The normalized spacial score (nSPS) is 12.3. The monoisotopic (exact) mass is 274 g/mol. The first-order valence-electron chi connectivity index (χ1n) is 5.58. The van der Waals surface area contributed by atoms with Crippen LogP contribution in [0.25, 0.3) is 0 Å². The fraction of sp³-hybridized carbons (Fsp3) is 0.636. The first-order valence-corrected chi connectivity index (χ1v) is 7.35. The fourth-order valence-electron chi connectivity index (χ4n) is 1.41. The number of hydrogen-bond donors (Lipinski definition) is 1. The summed E-state index contributed by atoms with van der Waals surface area (Å²) in [6, 6.07) is 0.381. The van der Waals surface area contributed by atoms with Gasteiger partial charge in [0.2, 0.25) is 5.95 Å². The van der Waals surface area contributed by atoms with Crippen molar-refractivity contribution in [2.45, 2.75) is 19.9 Å². The Balaban J connectivity index is 2.90. The van der Waals surface area contributed by atoms with Crippen molar-refractivity contribution in [2.24, 2.45) is 0 Å². The molecule has 0 saturated heterocycles. The van der Waals surface area contributed by atoms with Crippen LogP contribution in [0.5, 0.6) is 0 Å². The lowest BCUT2D eigenvalue weighted by atomic mass is 10.3. The summed E-state index contributed by atoms with van der Waals surface area (Å²) in [6.07, 6.45) is 3.74. The third-order valence-electron chi connectivity index (χ3n) is 2.46. The highest BCUT2D eigenvalue weighted by atomic mass is 35.5. The third kappa shape index (κ3) is 3.92. The van der Waals surface area contributed by atoms with Gasteiger partial charge in [-0.1, -0.05) is 11.6 Å². The van der Waals surface area contributed by atoms with E-state index in [-0.39, 0.29) is 0 Å². The first kappa shape index (κ1) is 14.4. The second kappa shape index (κ2) is 6.91. The van der Waals surface area contributed by atoms with Gasteiger partial charge in [0.1, 0.15) is 5.02 Å². The third-order valence-corrected chi connectivity index (χ3v) is 3.55. The van der Waals surface area contributed by atoms with Crippen molar-refractivity contribution >= 4 is 35.1 Å². The molecule has 0 radical (unpaired) electrons. The number of anilines is 2. The second-order valence-electron chi connectivity index (χ2n) is 3.81. The van der Waals surface area contributed by atoms with Gasteiger partial charge >= 0.3 is 0 Å². The highest BCUT2D eigenvalue weighted by Crippen LogP contribution is 2.24. The van der Waals surface area contributed by atoms with E-state index in [1.807, 2.05) is 25.7 Å². The molecule has 0 amide bonds. The van der Waals surface area contributed by atoms with Crippen LogP contribution in [0.2, 0.25) is 5.02 Å². The molecule has 1 rings (SSSR count). The Bertz CT molecular complexity index is 361. The van der Waals surface area contributed by atoms with Crippen LogP contribution in [0, 0.1) is 0 Å². The van der Waals surface area contributed by atoms with Gasteiger partial charge < -0.3 is 10.2 Å². The molecule has 1 aromatic heterocycles. The molecule has 6 heteroatoms. The van der Waals surface area contributed by atoms with E-state index >= 15 is 0 Å². The van der Waals surface area contributed by atoms with Crippen LogP contribution in [0.1, 0.15) is 13.8 Å². The van der Waals surface area contributed by atoms with Crippen LogP contribution in [-0.4, -0.2) is 41.6 Å². The Morgan fingerprint density at radius 1 is 1.59 bits per heavy atom. The molecule has 0 spiro atoms. The molecule has 1 aromatic rings. The topological polar surface area (TPSA) is 41.1 Å². The molecule has 1 N–H and O–H groups in total. The van der Waals surface area contributed by atoms with Crippen molar-refractivity contribution < 1.29 is 0 Å². The molecule has 0 aliphatic carbocycles. The smallest absolute Gasteiger partial charge is 0.224 e. The number of hydrogen-bond acceptors (Lipinski definition) is 5. The lowest BCUT2D eigenvalue weighted by Gasteiger charge is -2.26. The highest BCUT2D eigenvalue weighted by molar-refractivity contribution is 7.98. The number of halogens is 1. The van der Waals surface area contributed by atoms with Crippen molar-refractivity contribution in [2.75, 3.05) is 35.8 Å². The summed E-state index contributed by atoms with van der Waals surface area (Å²) in [4.78, 5) is 10.6. The molecular formula is C11H19ClN4S. The zero-order chi connectivity index (χ0) is 12.8. The molecule has 0 aromatic carbocycles. The van der Waals surface area contributed by atoms with Crippen LogP contribution in [0.3, 0.4) is 0 Å². The van der Waals surface area contributed by atoms with Crippen molar-refractivity contribution in [3.63, 3.8) is 0 Å². The minimum atomic E-state index is 0.381. The lowest BCUT2D eigenvalue weighted by Crippen LogP contribution is -2.32. The van der Waals surface area contributed by atoms with Gasteiger partial charge in [-0.3, -0.25) is 0 Å². The van der Waals surface area contributed by atoms with Gasteiger partial charge in [-0.15, -0.1) is 0 Å². The molecular weight excluding hydrogens is 256 g/mol. The number of nitrogens with one attached hydrogen (secondary N) is 1. The molecule has 0 aliphatic heterocycles. The van der Waals surface area contributed by atoms with Gasteiger partial charge in [-0.2, -0.15) is 16.7 Å². The Labute approximate surface area is 112 Å². The standard InChI is InChI=1S/C11H19ClN4S/c1-5-13-11-14-6-9(12)10(15-11)16(3)8(2)7-17-4/h6,8H,5,7H2,1-4H3,(H,13,14,15). The van der Waals surface area contributed by atoms with E-state index in [1.54, 1.807) is 6.20 Å². The zero-order valence-corrected chi connectivity index (χ0v) is 12.3. The van der Waals surface area contributed by atoms with E-state index in [9.17, 15) is 0 Å². The number of aromatic nitrogens is 2. The molecule has 17 heavy (non-hydrogen) atoms. The molecule has 96 valence electrons. The van der Waals surface area contributed by atoms with Crippen LogP contribution in [0.15, 0.2) is 6.20 Å².